The van der Waals surface area contributed by atoms with E-state index < -0.39 is 11.6 Å². The second kappa shape index (κ2) is 13.2. The van der Waals surface area contributed by atoms with Crippen LogP contribution in [-0.4, -0.2) is 103 Å². The van der Waals surface area contributed by atoms with Gasteiger partial charge in [-0.15, -0.1) is 11.3 Å². The number of nitriles is 1. The summed E-state index contributed by atoms with van der Waals surface area (Å²) in [5, 5.41) is 20.5. The topological polar surface area (TPSA) is 133 Å². The summed E-state index contributed by atoms with van der Waals surface area (Å²) in [6.45, 7) is 5.48. The highest BCUT2D eigenvalue weighted by molar-refractivity contribution is 7.23. The largest absolute Gasteiger partial charge is 0.462 e. The Morgan fingerprint density at radius 3 is 2.57 bits per heavy atom. The molecule has 0 aliphatic carbocycles. The summed E-state index contributed by atoms with van der Waals surface area (Å²) < 4.78 is 51.6. The monoisotopic (exact) mass is 691 g/mol. The maximum atomic E-state index is 17.4. The van der Waals surface area contributed by atoms with Gasteiger partial charge in [-0.25, -0.2) is 8.78 Å². The molecule has 3 fully saturated rings. The highest BCUT2D eigenvalue weighted by Crippen LogP contribution is 2.49. The summed E-state index contributed by atoms with van der Waals surface area (Å²) in [6, 6.07) is 5.31. The van der Waals surface area contributed by atoms with Gasteiger partial charge < -0.3 is 30.0 Å². The molecule has 0 radical (unpaired) electrons. The fourth-order valence-electron chi connectivity index (χ4n) is 8.32. The molecule has 2 aromatic carbocycles. The average molecular weight is 692 g/mol. The third kappa shape index (κ3) is 5.57. The number of aliphatic hydroxyl groups is 1. The molecular formula is C35H39F2N7O4S. The number of thiophene rings is 1. The molecule has 3 unspecified atom stereocenters. The van der Waals surface area contributed by atoms with Crippen LogP contribution in [0.5, 0.6) is 6.01 Å². The van der Waals surface area contributed by atoms with E-state index in [2.05, 4.69) is 20.8 Å². The number of piperazine rings is 1. The normalized spacial score (nSPS) is 22.4. The fourth-order valence-corrected chi connectivity index (χ4v) is 9.24. The van der Waals surface area contributed by atoms with Crippen LogP contribution < -0.4 is 15.4 Å². The van der Waals surface area contributed by atoms with Crippen molar-refractivity contribution in [2.75, 3.05) is 70.2 Å². The molecule has 6 heterocycles. The van der Waals surface area contributed by atoms with Crippen LogP contribution in [-0.2, 0) is 22.7 Å². The number of aliphatic hydroxyl groups excluding tert-OH is 1. The van der Waals surface area contributed by atoms with E-state index >= 15 is 8.78 Å². The van der Waals surface area contributed by atoms with Gasteiger partial charge in [0.05, 0.1) is 30.3 Å². The third-order valence-corrected chi connectivity index (χ3v) is 11.6. The van der Waals surface area contributed by atoms with Crippen molar-refractivity contribution in [1.29, 1.82) is 5.26 Å². The Kier molecular flexibility index (Phi) is 8.75. The first-order valence-corrected chi connectivity index (χ1v) is 17.7. The predicted molar refractivity (Wildman–Crippen MR) is 183 cm³/mol. The Morgan fingerprint density at radius 2 is 1.84 bits per heavy atom. The van der Waals surface area contributed by atoms with Gasteiger partial charge in [-0.2, -0.15) is 15.2 Å². The Morgan fingerprint density at radius 1 is 1.04 bits per heavy atom. The van der Waals surface area contributed by atoms with Gasteiger partial charge in [0.25, 0.3) is 0 Å². The van der Waals surface area contributed by atoms with E-state index in [1.54, 1.807) is 13.2 Å². The van der Waals surface area contributed by atoms with Crippen molar-refractivity contribution >= 4 is 43.1 Å². The van der Waals surface area contributed by atoms with E-state index in [-0.39, 0.29) is 71.2 Å². The van der Waals surface area contributed by atoms with Crippen molar-refractivity contribution in [2.24, 2.45) is 0 Å². The van der Waals surface area contributed by atoms with Gasteiger partial charge in [0, 0.05) is 86.3 Å². The van der Waals surface area contributed by atoms with Crippen molar-refractivity contribution in [3.8, 4) is 23.2 Å². The summed E-state index contributed by atoms with van der Waals surface area (Å²) >= 11 is 1.17. The van der Waals surface area contributed by atoms with E-state index in [1.807, 2.05) is 0 Å². The molecule has 3 saturated heterocycles. The number of rotatable bonds is 10. The van der Waals surface area contributed by atoms with Crippen molar-refractivity contribution < 1.29 is 28.1 Å². The molecule has 258 valence electrons. The quantitative estimate of drug-likeness (QED) is 0.245. The van der Waals surface area contributed by atoms with Crippen LogP contribution in [0.1, 0.15) is 42.4 Å². The standard InChI is InChI=1S/C35H39F2N7O4S/c1-46-21-7-9-42(16-21)10-12-48-35-40-32-29(34(41-35)44-19-3-4-20(44)15-43(14-19)8-2-11-45)24-18-47-17-23(24)28(31(32)37)30-25(36)5-6-26-27(30)22(13-38)33(39)49-26/h5-6,19-21,45H,2-4,7-12,14-18,39H2,1H3. The number of nitrogens with zero attached hydrogens (tertiary/aromatic N) is 6. The number of nitrogen functional groups attached to an aromatic ring is 1. The molecule has 14 heteroatoms. The number of likely N-dealkylation sites (tertiary alicyclic amines) is 2. The smallest absolute Gasteiger partial charge is 0.319 e. The van der Waals surface area contributed by atoms with E-state index in [0.29, 0.717) is 46.4 Å². The van der Waals surface area contributed by atoms with Crippen molar-refractivity contribution in [3.05, 3.63) is 40.5 Å². The minimum absolute atomic E-state index is 0.00919. The summed E-state index contributed by atoms with van der Waals surface area (Å²) in [4.78, 5) is 16.6. The third-order valence-electron chi connectivity index (χ3n) is 10.6. The molecule has 0 spiro atoms. The van der Waals surface area contributed by atoms with Gasteiger partial charge in [-0.3, -0.25) is 9.80 Å². The molecule has 3 atom stereocenters. The van der Waals surface area contributed by atoms with E-state index in [1.165, 1.54) is 17.4 Å². The van der Waals surface area contributed by atoms with E-state index in [4.69, 9.17) is 29.9 Å². The maximum absolute atomic E-state index is 17.4. The second-order valence-corrected chi connectivity index (χ2v) is 14.4. The van der Waals surface area contributed by atoms with Crippen molar-refractivity contribution in [3.63, 3.8) is 0 Å². The second-order valence-electron chi connectivity index (χ2n) is 13.4. The van der Waals surface area contributed by atoms with Gasteiger partial charge in [0.15, 0.2) is 5.82 Å². The molecule has 8 rings (SSSR count). The lowest BCUT2D eigenvalue weighted by Crippen LogP contribution is -2.54. The number of nitrogens with two attached hydrogens (primary N) is 1. The summed E-state index contributed by atoms with van der Waals surface area (Å²) in [5.74, 6) is -0.751. The zero-order valence-corrected chi connectivity index (χ0v) is 28.2. The summed E-state index contributed by atoms with van der Waals surface area (Å²) in [6.07, 6.45) is 3.77. The minimum Gasteiger partial charge on any atom is -0.462 e. The number of hydrogen-bond acceptors (Lipinski definition) is 12. The zero-order valence-electron chi connectivity index (χ0n) is 27.4. The number of fused-ring (bicyclic) bond motifs is 6. The van der Waals surface area contributed by atoms with Crippen molar-refractivity contribution in [2.45, 2.75) is 57.1 Å². The molecule has 49 heavy (non-hydrogen) atoms. The maximum Gasteiger partial charge on any atom is 0.319 e. The van der Waals surface area contributed by atoms with Crippen LogP contribution in [0.15, 0.2) is 12.1 Å². The molecule has 4 aliphatic rings. The highest BCUT2D eigenvalue weighted by atomic mass is 32.1. The lowest BCUT2D eigenvalue weighted by molar-refractivity contribution is 0.105. The molecule has 4 aromatic rings. The lowest BCUT2D eigenvalue weighted by Gasteiger charge is -2.42. The van der Waals surface area contributed by atoms with Crippen LogP contribution in [0, 0.1) is 23.0 Å². The number of halogens is 2. The lowest BCUT2D eigenvalue weighted by atomic mass is 9.90. The fraction of sp³-hybridized carbons (Fsp3) is 0.514. The summed E-state index contributed by atoms with van der Waals surface area (Å²) in [5.41, 5.74) is 7.63. The van der Waals surface area contributed by atoms with Gasteiger partial charge in [-0.1, -0.05) is 0 Å². The zero-order chi connectivity index (χ0) is 33.8. The van der Waals surface area contributed by atoms with Gasteiger partial charge >= 0.3 is 6.01 Å². The van der Waals surface area contributed by atoms with Crippen LogP contribution >= 0.6 is 11.3 Å². The Hall–Kier alpha value is -3.71. The predicted octanol–water partition coefficient (Wildman–Crippen LogP) is 4.41. The van der Waals surface area contributed by atoms with E-state index in [0.717, 1.165) is 57.5 Å². The first-order chi connectivity index (χ1) is 23.9. The number of ether oxygens (including phenoxy) is 3. The average Bonchev–Trinajstić information content (AvgIpc) is 3.89. The van der Waals surface area contributed by atoms with Crippen LogP contribution in [0.4, 0.5) is 19.6 Å². The number of methoxy groups -OCH3 is 1. The first-order valence-electron chi connectivity index (χ1n) is 16.9. The minimum atomic E-state index is -0.704. The summed E-state index contributed by atoms with van der Waals surface area (Å²) in [7, 11) is 1.72. The molecule has 0 saturated carbocycles. The molecule has 3 N–H and O–H groups in total. The highest BCUT2D eigenvalue weighted by Gasteiger charge is 2.43. The Balaban J connectivity index is 1.28. The molecular weight excluding hydrogens is 652 g/mol. The molecule has 2 aromatic heterocycles. The Bertz CT molecular complexity index is 1950. The van der Waals surface area contributed by atoms with Gasteiger partial charge in [0.1, 0.15) is 34.8 Å². The van der Waals surface area contributed by atoms with Crippen LogP contribution in [0.25, 0.3) is 32.1 Å². The van der Waals surface area contributed by atoms with Gasteiger partial charge in [0.2, 0.25) is 0 Å². The molecule has 2 bridgehead atoms. The first kappa shape index (κ1) is 32.5. The van der Waals surface area contributed by atoms with Crippen LogP contribution in [0.3, 0.4) is 0 Å². The number of anilines is 2. The number of aromatic nitrogens is 2. The molecule has 11 nitrogen and oxygen atoms in total. The van der Waals surface area contributed by atoms with E-state index in [9.17, 15) is 10.4 Å². The Labute approximate surface area is 286 Å². The number of benzene rings is 2. The molecule has 0 amide bonds. The van der Waals surface area contributed by atoms with Gasteiger partial charge in [-0.05, 0) is 48.9 Å². The molecule has 4 aliphatic heterocycles. The SMILES string of the molecule is COC1CCN(CCOc2nc(N3C4CCC3CN(CCCO)C4)c3c4c(c(-c5c(F)ccc6sc(N)c(C#N)c56)c(F)c3n2)COC4)C1. The van der Waals surface area contributed by atoms with Crippen molar-refractivity contribution in [1.82, 2.24) is 19.8 Å². The number of hydrogen-bond donors (Lipinski definition) is 2. The van der Waals surface area contributed by atoms with Crippen LogP contribution in [0.2, 0.25) is 0 Å².